The number of halogens is 1. The molecule has 0 bridgehead atoms. The first-order chi connectivity index (χ1) is 8.85. The highest BCUT2D eigenvalue weighted by molar-refractivity contribution is 9.10. The molecule has 108 valence electrons. The molecule has 0 fully saturated rings. The number of anilines is 1. The van der Waals surface area contributed by atoms with Crippen LogP contribution in [0.1, 0.15) is 19.8 Å². The van der Waals surface area contributed by atoms with Crippen molar-refractivity contribution in [3.8, 4) is 0 Å². The van der Waals surface area contributed by atoms with E-state index in [4.69, 9.17) is 5.14 Å². The first-order valence-electron chi connectivity index (χ1n) is 5.85. The summed E-state index contributed by atoms with van der Waals surface area (Å²) in [4.78, 5) is 11.9. The summed E-state index contributed by atoms with van der Waals surface area (Å²) in [6, 6.07) is 0. The largest absolute Gasteiger partial charge is 0.383 e. The number of nitrogens with two attached hydrogens (primary N) is 1. The van der Waals surface area contributed by atoms with Crippen LogP contribution >= 0.6 is 15.9 Å². The van der Waals surface area contributed by atoms with Crippen LogP contribution in [0.2, 0.25) is 0 Å². The van der Waals surface area contributed by atoms with E-state index in [0.29, 0.717) is 29.7 Å². The van der Waals surface area contributed by atoms with E-state index in [9.17, 15) is 13.2 Å². The van der Waals surface area contributed by atoms with Crippen molar-refractivity contribution in [2.45, 2.75) is 26.3 Å². The molecular weight excluding hydrogens is 336 g/mol. The normalized spacial score (nSPS) is 11.5. The predicted molar refractivity (Wildman–Crippen MR) is 77.6 cm³/mol. The van der Waals surface area contributed by atoms with Crippen molar-refractivity contribution in [3.05, 3.63) is 21.0 Å². The van der Waals surface area contributed by atoms with E-state index in [-0.39, 0.29) is 11.3 Å². The van der Waals surface area contributed by atoms with Crippen LogP contribution in [-0.4, -0.2) is 30.5 Å². The highest BCUT2D eigenvalue weighted by atomic mass is 79.9. The molecule has 1 heterocycles. The summed E-state index contributed by atoms with van der Waals surface area (Å²) in [6.45, 7) is 2.92. The van der Waals surface area contributed by atoms with Crippen LogP contribution in [-0.2, 0) is 16.6 Å². The Balaban J connectivity index is 2.65. The van der Waals surface area contributed by atoms with Gasteiger partial charge in [-0.05, 0) is 28.8 Å². The quantitative estimate of drug-likeness (QED) is 0.695. The first kappa shape index (κ1) is 16.1. The van der Waals surface area contributed by atoms with Crippen molar-refractivity contribution >= 4 is 31.6 Å². The third-order valence-electron chi connectivity index (χ3n) is 2.34. The monoisotopic (exact) mass is 352 g/mol. The number of aryl methyl sites for hydroxylation is 1. The van der Waals surface area contributed by atoms with Gasteiger partial charge in [0.1, 0.15) is 4.47 Å². The van der Waals surface area contributed by atoms with E-state index in [2.05, 4.69) is 26.3 Å². The fourth-order valence-corrected chi connectivity index (χ4v) is 2.45. The lowest BCUT2D eigenvalue weighted by atomic mass is 10.4. The maximum Gasteiger partial charge on any atom is 0.283 e. The maximum atomic E-state index is 11.9. The molecule has 0 radical (unpaired) electrons. The summed E-state index contributed by atoms with van der Waals surface area (Å²) in [5.74, 6) is -0.0993. The average molecular weight is 353 g/mol. The Labute approximate surface area is 120 Å². The molecule has 0 saturated carbocycles. The van der Waals surface area contributed by atoms with Crippen LogP contribution < -0.4 is 16.0 Å². The van der Waals surface area contributed by atoms with Gasteiger partial charge in [-0.3, -0.25) is 4.79 Å². The molecule has 0 aliphatic rings. The van der Waals surface area contributed by atoms with Gasteiger partial charge in [0.05, 0.1) is 17.6 Å². The van der Waals surface area contributed by atoms with Crippen molar-refractivity contribution in [1.82, 2.24) is 9.78 Å². The lowest BCUT2D eigenvalue weighted by molar-refractivity contribution is 0.566. The number of nitrogens with one attached hydrogen (secondary N) is 1. The van der Waals surface area contributed by atoms with E-state index in [0.717, 1.165) is 6.42 Å². The molecule has 19 heavy (non-hydrogen) atoms. The van der Waals surface area contributed by atoms with Gasteiger partial charge in [-0.25, -0.2) is 18.2 Å². The second-order valence-electron chi connectivity index (χ2n) is 4.05. The van der Waals surface area contributed by atoms with Gasteiger partial charge in [-0.15, -0.1) is 0 Å². The van der Waals surface area contributed by atoms with Crippen molar-refractivity contribution < 1.29 is 8.42 Å². The zero-order valence-electron chi connectivity index (χ0n) is 10.6. The second-order valence-corrected chi connectivity index (χ2v) is 6.57. The molecule has 1 aromatic rings. The Hall–Kier alpha value is -0.930. The van der Waals surface area contributed by atoms with E-state index in [1.807, 2.05) is 6.92 Å². The minimum absolute atomic E-state index is 0.0993. The van der Waals surface area contributed by atoms with Gasteiger partial charge in [-0.2, -0.15) is 5.10 Å². The Morgan fingerprint density at radius 2 is 2.21 bits per heavy atom. The molecule has 1 rings (SSSR count). The molecule has 0 amide bonds. The Kier molecular flexibility index (Phi) is 5.95. The summed E-state index contributed by atoms with van der Waals surface area (Å²) < 4.78 is 23.3. The summed E-state index contributed by atoms with van der Waals surface area (Å²) >= 11 is 3.21. The summed E-state index contributed by atoms with van der Waals surface area (Å²) in [6.07, 6.45) is 2.72. The van der Waals surface area contributed by atoms with Crippen LogP contribution in [0, 0.1) is 0 Å². The number of hydrogen-bond acceptors (Lipinski definition) is 5. The Morgan fingerprint density at radius 1 is 1.53 bits per heavy atom. The van der Waals surface area contributed by atoms with Crippen molar-refractivity contribution in [2.24, 2.45) is 5.14 Å². The smallest absolute Gasteiger partial charge is 0.283 e. The van der Waals surface area contributed by atoms with Gasteiger partial charge in [0, 0.05) is 13.1 Å². The second kappa shape index (κ2) is 7.01. The summed E-state index contributed by atoms with van der Waals surface area (Å²) in [5.41, 5.74) is 0.338. The topological polar surface area (TPSA) is 107 Å². The van der Waals surface area contributed by atoms with Gasteiger partial charge in [-0.1, -0.05) is 6.92 Å². The molecule has 1 aromatic heterocycles. The molecule has 0 unspecified atom stereocenters. The lowest BCUT2D eigenvalue weighted by Gasteiger charge is -2.09. The summed E-state index contributed by atoms with van der Waals surface area (Å²) in [5, 5.41) is 11.9. The van der Waals surface area contributed by atoms with Crippen LogP contribution in [0.25, 0.3) is 0 Å². The molecule has 0 saturated heterocycles. The van der Waals surface area contributed by atoms with E-state index in [1.165, 1.54) is 10.9 Å². The molecule has 3 N–H and O–H groups in total. The number of rotatable bonds is 7. The molecule has 0 aromatic carbocycles. The van der Waals surface area contributed by atoms with Crippen LogP contribution in [0.5, 0.6) is 0 Å². The third-order valence-corrected chi connectivity index (χ3v) is 3.97. The van der Waals surface area contributed by atoms with Crippen LogP contribution in [0.15, 0.2) is 15.5 Å². The zero-order chi connectivity index (χ0) is 14.5. The number of aromatic nitrogens is 2. The van der Waals surface area contributed by atoms with Gasteiger partial charge >= 0.3 is 0 Å². The van der Waals surface area contributed by atoms with E-state index in [1.54, 1.807) is 0 Å². The average Bonchev–Trinajstić information content (AvgIpc) is 2.32. The first-order valence-corrected chi connectivity index (χ1v) is 8.36. The molecule has 0 aliphatic carbocycles. The van der Waals surface area contributed by atoms with Gasteiger partial charge in [0.25, 0.3) is 5.56 Å². The molecule has 7 nitrogen and oxygen atoms in total. The van der Waals surface area contributed by atoms with Crippen LogP contribution in [0.4, 0.5) is 5.69 Å². The number of hydrogen-bond donors (Lipinski definition) is 2. The highest BCUT2D eigenvalue weighted by Crippen LogP contribution is 2.15. The fraction of sp³-hybridized carbons (Fsp3) is 0.600. The number of nitrogens with zero attached hydrogens (tertiary/aromatic N) is 2. The van der Waals surface area contributed by atoms with Crippen LogP contribution in [0.3, 0.4) is 0 Å². The fourth-order valence-electron chi connectivity index (χ4n) is 1.46. The predicted octanol–water partition coefficient (Wildman–Crippen LogP) is 0.506. The van der Waals surface area contributed by atoms with E-state index < -0.39 is 10.0 Å². The minimum atomic E-state index is -3.44. The Morgan fingerprint density at radius 3 is 2.79 bits per heavy atom. The van der Waals surface area contributed by atoms with Crippen molar-refractivity contribution in [1.29, 1.82) is 0 Å². The number of sulfonamides is 1. The molecule has 0 spiro atoms. The third kappa shape index (κ3) is 5.29. The molecule has 9 heteroatoms. The van der Waals surface area contributed by atoms with Gasteiger partial charge in [0.15, 0.2) is 0 Å². The number of primary sulfonamides is 1. The Bertz CT molecular complexity index is 585. The maximum absolute atomic E-state index is 11.9. The van der Waals surface area contributed by atoms with Gasteiger partial charge in [0.2, 0.25) is 10.0 Å². The van der Waals surface area contributed by atoms with Crippen molar-refractivity contribution in [3.63, 3.8) is 0 Å². The zero-order valence-corrected chi connectivity index (χ0v) is 13.0. The molecular formula is C10H17BrN4O3S. The molecule has 0 atom stereocenters. The highest BCUT2D eigenvalue weighted by Gasteiger charge is 2.08. The minimum Gasteiger partial charge on any atom is -0.383 e. The van der Waals surface area contributed by atoms with Gasteiger partial charge < -0.3 is 5.32 Å². The van der Waals surface area contributed by atoms with E-state index >= 15 is 0 Å². The van der Waals surface area contributed by atoms with Crippen molar-refractivity contribution in [2.75, 3.05) is 17.6 Å². The molecule has 0 aliphatic heterocycles. The SMILES string of the molecule is CCCn1ncc(NCCCS(N)(=O)=O)c(Br)c1=O. The standard InChI is InChI=1S/C10H17BrN4O3S/c1-2-5-15-10(16)9(11)8(7-14-15)13-4-3-6-19(12,17)18/h7,13H,2-6H2,1H3,(H2,12,17,18). The lowest BCUT2D eigenvalue weighted by Crippen LogP contribution is -2.25. The summed E-state index contributed by atoms with van der Waals surface area (Å²) in [7, 11) is -3.44.